The van der Waals surface area contributed by atoms with E-state index in [0.29, 0.717) is 5.38 Å². The number of halogens is 1. The van der Waals surface area contributed by atoms with E-state index < -0.39 is 0 Å². The molecule has 0 spiro atoms. The average molecular weight is 163 g/mol. The molecule has 0 N–H and O–H groups in total. The first kappa shape index (κ1) is 8.35. The van der Waals surface area contributed by atoms with Gasteiger partial charge in [0, 0.05) is 12.0 Å². The van der Waals surface area contributed by atoms with Gasteiger partial charge in [0.15, 0.2) is 0 Å². The predicted octanol–water partition coefficient (Wildman–Crippen LogP) is 2.57. The summed E-state index contributed by atoms with van der Waals surface area (Å²) in [7, 11) is 0. The number of rotatable bonds is 1. The molecule has 2 unspecified atom stereocenters. The van der Waals surface area contributed by atoms with Gasteiger partial charge in [0.1, 0.15) is 0 Å². The van der Waals surface area contributed by atoms with Gasteiger partial charge in [-0.2, -0.15) is 0 Å². The normalized spacial score (nSPS) is 41.7. The van der Waals surface area contributed by atoms with Crippen LogP contribution < -0.4 is 0 Å². The molecule has 0 aliphatic carbocycles. The minimum atomic E-state index is 0.0602. The minimum Gasteiger partial charge on any atom is -0.375 e. The number of hydrogen-bond acceptors (Lipinski definition) is 1. The Morgan fingerprint density at radius 3 is 2.80 bits per heavy atom. The highest BCUT2D eigenvalue weighted by molar-refractivity contribution is 6.20. The lowest BCUT2D eigenvalue weighted by Gasteiger charge is -2.35. The second-order valence-corrected chi connectivity index (χ2v) is 3.86. The molecule has 60 valence electrons. The Bertz CT molecular complexity index is 116. The Kier molecular flexibility index (Phi) is 2.59. The van der Waals surface area contributed by atoms with Crippen molar-refractivity contribution in [2.45, 2.75) is 44.1 Å². The monoisotopic (exact) mass is 162 g/mol. The molecular formula is C8H15ClO. The highest BCUT2D eigenvalue weighted by Crippen LogP contribution is 2.30. The molecule has 0 amide bonds. The van der Waals surface area contributed by atoms with Crippen LogP contribution in [-0.2, 0) is 4.74 Å². The van der Waals surface area contributed by atoms with E-state index in [2.05, 4.69) is 13.8 Å². The van der Waals surface area contributed by atoms with Crippen LogP contribution in [0.5, 0.6) is 0 Å². The molecule has 1 fully saturated rings. The van der Waals surface area contributed by atoms with Gasteiger partial charge in [-0.05, 0) is 26.2 Å². The molecule has 0 aromatic heterocycles. The zero-order chi connectivity index (χ0) is 7.61. The summed E-state index contributed by atoms with van der Waals surface area (Å²) in [5, 5.41) is 0.332. The van der Waals surface area contributed by atoms with Crippen molar-refractivity contribution in [3.8, 4) is 0 Å². The average Bonchev–Trinajstić information content (AvgIpc) is 1.88. The van der Waals surface area contributed by atoms with E-state index >= 15 is 0 Å². The Labute approximate surface area is 67.7 Å². The minimum absolute atomic E-state index is 0.0602. The van der Waals surface area contributed by atoms with Crippen molar-refractivity contribution < 1.29 is 4.74 Å². The fourth-order valence-corrected chi connectivity index (χ4v) is 1.72. The lowest BCUT2D eigenvalue weighted by molar-refractivity contribution is -0.0652. The zero-order valence-electron chi connectivity index (χ0n) is 6.69. The highest BCUT2D eigenvalue weighted by atomic mass is 35.5. The fourth-order valence-electron chi connectivity index (χ4n) is 1.31. The van der Waals surface area contributed by atoms with E-state index in [1.807, 2.05) is 0 Å². The third-order valence-corrected chi connectivity index (χ3v) is 2.66. The predicted molar refractivity (Wildman–Crippen MR) is 43.5 cm³/mol. The van der Waals surface area contributed by atoms with E-state index in [4.69, 9.17) is 16.3 Å². The molecule has 0 radical (unpaired) electrons. The maximum Gasteiger partial charge on any atom is 0.0666 e. The summed E-state index contributed by atoms with van der Waals surface area (Å²) in [6.45, 7) is 5.12. The molecule has 1 aliphatic heterocycles. The molecule has 0 saturated carbocycles. The summed E-state index contributed by atoms with van der Waals surface area (Å²) in [4.78, 5) is 0. The van der Waals surface area contributed by atoms with Gasteiger partial charge in [0.25, 0.3) is 0 Å². The van der Waals surface area contributed by atoms with Crippen molar-refractivity contribution in [1.29, 1.82) is 0 Å². The van der Waals surface area contributed by atoms with Crippen molar-refractivity contribution in [2.24, 2.45) is 0 Å². The third-order valence-electron chi connectivity index (χ3n) is 2.28. The van der Waals surface area contributed by atoms with Crippen LogP contribution in [0.25, 0.3) is 0 Å². The van der Waals surface area contributed by atoms with Gasteiger partial charge in [0.2, 0.25) is 0 Å². The summed E-state index contributed by atoms with van der Waals surface area (Å²) in [5.41, 5.74) is 0.0602. The van der Waals surface area contributed by atoms with E-state index in [0.717, 1.165) is 25.9 Å². The van der Waals surface area contributed by atoms with Gasteiger partial charge in [-0.3, -0.25) is 0 Å². The standard InChI is InChI=1S/C8H15ClO/c1-3-8(2)6-7(9)4-5-10-8/h7H,3-6H2,1-2H3. The first-order valence-corrected chi connectivity index (χ1v) is 4.38. The van der Waals surface area contributed by atoms with Crippen LogP contribution in [0.1, 0.15) is 33.1 Å². The SMILES string of the molecule is CCC1(C)CC(Cl)CCO1. The molecule has 2 atom stereocenters. The van der Waals surface area contributed by atoms with E-state index in [9.17, 15) is 0 Å². The van der Waals surface area contributed by atoms with Crippen LogP contribution in [0.2, 0.25) is 0 Å². The molecule has 1 rings (SSSR count). The quantitative estimate of drug-likeness (QED) is 0.539. The summed E-state index contributed by atoms with van der Waals surface area (Å²) in [6.07, 6.45) is 3.08. The number of hydrogen-bond donors (Lipinski definition) is 0. The molecule has 1 heterocycles. The van der Waals surface area contributed by atoms with Crippen molar-refractivity contribution in [3.63, 3.8) is 0 Å². The van der Waals surface area contributed by atoms with Gasteiger partial charge in [-0.1, -0.05) is 6.92 Å². The van der Waals surface area contributed by atoms with Crippen LogP contribution in [0, 0.1) is 0 Å². The molecule has 0 aromatic carbocycles. The van der Waals surface area contributed by atoms with Crippen molar-refractivity contribution in [3.05, 3.63) is 0 Å². The molecule has 10 heavy (non-hydrogen) atoms. The lowest BCUT2D eigenvalue weighted by Crippen LogP contribution is -2.36. The fraction of sp³-hybridized carbons (Fsp3) is 1.00. The molecular weight excluding hydrogens is 148 g/mol. The molecule has 1 aliphatic rings. The Hall–Kier alpha value is 0.250. The van der Waals surface area contributed by atoms with Crippen molar-refractivity contribution in [1.82, 2.24) is 0 Å². The number of ether oxygens (including phenoxy) is 1. The maximum atomic E-state index is 6.00. The molecule has 1 saturated heterocycles. The van der Waals surface area contributed by atoms with E-state index in [1.54, 1.807) is 0 Å². The second kappa shape index (κ2) is 3.10. The summed E-state index contributed by atoms with van der Waals surface area (Å²) < 4.78 is 5.60. The second-order valence-electron chi connectivity index (χ2n) is 3.24. The van der Waals surface area contributed by atoms with Gasteiger partial charge < -0.3 is 4.74 Å². The van der Waals surface area contributed by atoms with E-state index in [1.165, 1.54) is 0 Å². The van der Waals surface area contributed by atoms with Gasteiger partial charge in [-0.15, -0.1) is 11.6 Å². The van der Waals surface area contributed by atoms with Crippen LogP contribution in [0.3, 0.4) is 0 Å². The Morgan fingerprint density at radius 2 is 2.40 bits per heavy atom. The largest absolute Gasteiger partial charge is 0.375 e. The van der Waals surface area contributed by atoms with Gasteiger partial charge in [-0.25, -0.2) is 0 Å². The van der Waals surface area contributed by atoms with Crippen LogP contribution in [0.4, 0.5) is 0 Å². The molecule has 1 nitrogen and oxygen atoms in total. The molecule has 0 bridgehead atoms. The Morgan fingerprint density at radius 1 is 1.70 bits per heavy atom. The van der Waals surface area contributed by atoms with Crippen LogP contribution in [0.15, 0.2) is 0 Å². The third kappa shape index (κ3) is 1.86. The summed E-state index contributed by atoms with van der Waals surface area (Å²) in [5.74, 6) is 0. The summed E-state index contributed by atoms with van der Waals surface area (Å²) in [6, 6.07) is 0. The topological polar surface area (TPSA) is 9.23 Å². The van der Waals surface area contributed by atoms with E-state index in [-0.39, 0.29) is 5.60 Å². The highest BCUT2D eigenvalue weighted by Gasteiger charge is 2.30. The molecule has 2 heteroatoms. The first-order valence-electron chi connectivity index (χ1n) is 3.94. The van der Waals surface area contributed by atoms with Crippen LogP contribution in [-0.4, -0.2) is 17.6 Å². The van der Waals surface area contributed by atoms with Crippen molar-refractivity contribution in [2.75, 3.05) is 6.61 Å². The van der Waals surface area contributed by atoms with Gasteiger partial charge in [0.05, 0.1) is 5.60 Å². The smallest absolute Gasteiger partial charge is 0.0666 e. The maximum absolute atomic E-state index is 6.00. The Balaban J connectivity index is 2.45. The number of alkyl halides is 1. The lowest BCUT2D eigenvalue weighted by atomic mass is 9.93. The first-order chi connectivity index (χ1) is 4.66. The molecule has 0 aromatic rings. The van der Waals surface area contributed by atoms with Crippen LogP contribution >= 0.6 is 11.6 Å². The zero-order valence-corrected chi connectivity index (χ0v) is 7.45. The van der Waals surface area contributed by atoms with Gasteiger partial charge >= 0.3 is 0 Å². The van der Waals surface area contributed by atoms with Crippen molar-refractivity contribution >= 4 is 11.6 Å². The summed E-state index contributed by atoms with van der Waals surface area (Å²) >= 11 is 6.00.